The summed E-state index contributed by atoms with van der Waals surface area (Å²) in [7, 11) is 0. The standard InChI is InChI=1S/C27H33F3N6O3/c1-2-3-23(37)33-24(16-4-5-16)18-12-22-32-21(14-36(22)31-13-18)25(17-6-9-27(29,30)10-7-17)34-26(38)19-15-39-35-20(19)8-11-28/h12-17,24-25H,2-11H2,1H3,(H,33,37)(H,34,38)/t24-,25+/m1/s1. The van der Waals surface area contributed by atoms with Crippen molar-refractivity contribution in [2.24, 2.45) is 11.8 Å². The molecule has 0 aliphatic heterocycles. The van der Waals surface area contributed by atoms with E-state index in [2.05, 4.69) is 20.9 Å². The fourth-order valence-electron chi connectivity index (χ4n) is 5.37. The third-order valence-electron chi connectivity index (χ3n) is 7.66. The van der Waals surface area contributed by atoms with Crippen LogP contribution >= 0.6 is 0 Å². The van der Waals surface area contributed by atoms with Gasteiger partial charge in [-0.3, -0.25) is 14.0 Å². The van der Waals surface area contributed by atoms with Gasteiger partial charge in [-0.05, 0) is 55.6 Å². The number of aryl methyl sites for hydroxylation is 1. The number of nitrogens with zero attached hydrogens (tertiary/aromatic N) is 4. The Kier molecular flexibility index (Phi) is 7.90. The van der Waals surface area contributed by atoms with Crippen molar-refractivity contribution in [1.29, 1.82) is 0 Å². The molecule has 3 heterocycles. The van der Waals surface area contributed by atoms with Gasteiger partial charge in [-0.25, -0.2) is 18.3 Å². The summed E-state index contributed by atoms with van der Waals surface area (Å²) < 4.78 is 47.3. The molecule has 2 N–H and O–H groups in total. The van der Waals surface area contributed by atoms with Gasteiger partial charge in [-0.15, -0.1) is 0 Å². The van der Waals surface area contributed by atoms with Crippen LogP contribution < -0.4 is 10.6 Å². The molecular weight excluding hydrogens is 513 g/mol. The lowest BCUT2D eigenvalue weighted by Gasteiger charge is -2.33. The van der Waals surface area contributed by atoms with E-state index in [-0.39, 0.29) is 61.2 Å². The zero-order chi connectivity index (χ0) is 27.6. The number of aromatic nitrogens is 4. The Hall–Kier alpha value is -3.44. The van der Waals surface area contributed by atoms with Crippen molar-refractivity contribution in [3.63, 3.8) is 0 Å². The van der Waals surface area contributed by atoms with Crippen LogP contribution in [0, 0.1) is 11.8 Å². The predicted molar refractivity (Wildman–Crippen MR) is 135 cm³/mol. The predicted octanol–water partition coefficient (Wildman–Crippen LogP) is 4.89. The smallest absolute Gasteiger partial charge is 0.257 e. The van der Waals surface area contributed by atoms with Crippen LogP contribution in [0.2, 0.25) is 0 Å². The highest BCUT2D eigenvalue weighted by molar-refractivity contribution is 5.95. The van der Waals surface area contributed by atoms with Crippen LogP contribution in [0.1, 0.15) is 97.7 Å². The zero-order valence-electron chi connectivity index (χ0n) is 21.8. The molecule has 0 spiro atoms. The maximum atomic E-state index is 14.0. The van der Waals surface area contributed by atoms with Gasteiger partial charge in [0.05, 0.1) is 42.5 Å². The van der Waals surface area contributed by atoms with Gasteiger partial charge >= 0.3 is 0 Å². The van der Waals surface area contributed by atoms with Crippen molar-refractivity contribution in [2.45, 2.75) is 82.7 Å². The van der Waals surface area contributed by atoms with Gasteiger partial charge in [0.25, 0.3) is 5.91 Å². The molecular formula is C27H33F3N6O3. The number of carbonyl (C=O) groups is 2. The van der Waals surface area contributed by atoms with E-state index in [0.29, 0.717) is 23.7 Å². The fourth-order valence-corrected chi connectivity index (χ4v) is 5.37. The molecule has 12 heteroatoms. The number of alkyl halides is 3. The van der Waals surface area contributed by atoms with Crippen molar-refractivity contribution in [3.05, 3.63) is 47.2 Å². The monoisotopic (exact) mass is 546 g/mol. The van der Waals surface area contributed by atoms with Gasteiger partial charge < -0.3 is 15.2 Å². The molecule has 2 atom stereocenters. The summed E-state index contributed by atoms with van der Waals surface area (Å²) in [6.45, 7) is 1.26. The molecule has 0 bridgehead atoms. The van der Waals surface area contributed by atoms with Gasteiger partial charge in [-0.1, -0.05) is 12.1 Å². The number of nitrogens with one attached hydrogen (secondary N) is 2. The molecule has 3 aromatic rings. The molecule has 39 heavy (non-hydrogen) atoms. The Balaban J connectivity index is 1.43. The van der Waals surface area contributed by atoms with Crippen LogP contribution in [0.4, 0.5) is 13.2 Å². The average molecular weight is 547 g/mol. The van der Waals surface area contributed by atoms with Crippen LogP contribution in [0.3, 0.4) is 0 Å². The Bertz CT molecular complexity index is 1310. The summed E-state index contributed by atoms with van der Waals surface area (Å²) >= 11 is 0. The second-order valence-corrected chi connectivity index (χ2v) is 10.6. The SMILES string of the molecule is CCCC(=O)N[C@@H](c1cnn2cc([C@@H](NC(=O)c3conc3CCF)C3CCC(F)(F)CC3)nc2c1)C1CC1. The summed E-state index contributed by atoms with van der Waals surface area (Å²) in [4.78, 5) is 30.2. The molecule has 0 radical (unpaired) electrons. The Morgan fingerprint density at radius 1 is 1.15 bits per heavy atom. The quantitative estimate of drug-likeness (QED) is 0.354. The molecule has 3 aromatic heterocycles. The fraction of sp³-hybridized carbons (Fsp3) is 0.593. The number of rotatable bonds is 11. The van der Waals surface area contributed by atoms with E-state index in [1.807, 2.05) is 13.0 Å². The first-order valence-corrected chi connectivity index (χ1v) is 13.6. The molecule has 2 fully saturated rings. The van der Waals surface area contributed by atoms with Crippen molar-refractivity contribution in [1.82, 2.24) is 30.4 Å². The minimum atomic E-state index is -2.73. The summed E-state index contributed by atoms with van der Waals surface area (Å²) in [6.07, 6.45) is 7.61. The minimum Gasteiger partial charge on any atom is -0.364 e. The number of amides is 2. The Labute approximate surface area is 223 Å². The van der Waals surface area contributed by atoms with E-state index in [1.165, 1.54) is 0 Å². The maximum Gasteiger partial charge on any atom is 0.257 e. The molecule has 2 saturated carbocycles. The number of imidazole rings is 1. The van der Waals surface area contributed by atoms with E-state index in [4.69, 9.17) is 9.51 Å². The first-order valence-electron chi connectivity index (χ1n) is 13.6. The molecule has 2 amide bonds. The molecule has 5 rings (SSSR count). The number of hydrogen-bond acceptors (Lipinski definition) is 6. The van der Waals surface area contributed by atoms with Gasteiger partial charge in [0.2, 0.25) is 11.8 Å². The lowest BCUT2D eigenvalue weighted by molar-refractivity contribution is -0.122. The second kappa shape index (κ2) is 11.4. The van der Waals surface area contributed by atoms with E-state index in [0.717, 1.165) is 31.1 Å². The van der Waals surface area contributed by atoms with Crippen molar-refractivity contribution in [3.8, 4) is 0 Å². The topological polar surface area (TPSA) is 114 Å². The largest absolute Gasteiger partial charge is 0.364 e. The van der Waals surface area contributed by atoms with E-state index in [9.17, 15) is 22.8 Å². The summed E-state index contributed by atoms with van der Waals surface area (Å²) in [6, 6.07) is 1.05. The number of fused-ring (bicyclic) bond motifs is 1. The second-order valence-electron chi connectivity index (χ2n) is 10.6. The van der Waals surface area contributed by atoms with Crippen molar-refractivity contribution >= 4 is 17.5 Å². The summed E-state index contributed by atoms with van der Waals surface area (Å²) in [5, 5.41) is 14.3. The highest BCUT2D eigenvalue weighted by atomic mass is 19.3. The van der Waals surface area contributed by atoms with Crippen LogP contribution in [0.15, 0.2) is 29.2 Å². The summed E-state index contributed by atoms with van der Waals surface area (Å²) in [5.41, 5.74) is 2.18. The molecule has 2 aliphatic carbocycles. The van der Waals surface area contributed by atoms with Gasteiger partial charge in [0.15, 0.2) is 5.65 Å². The third-order valence-corrected chi connectivity index (χ3v) is 7.66. The minimum absolute atomic E-state index is 0.00366. The molecule has 0 saturated heterocycles. The number of halogens is 3. The average Bonchev–Trinajstić information content (AvgIpc) is 3.48. The van der Waals surface area contributed by atoms with Gasteiger partial charge in [-0.2, -0.15) is 5.10 Å². The molecule has 2 aliphatic rings. The van der Waals surface area contributed by atoms with E-state index in [1.54, 1.807) is 16.9 Å². The molecule has 9 nitrogen and oxygen atoms in total. The lowest BCUT2D eigenvalue weighted by Crippen LogP contribution is -2.37. The number of carbonyl (C=O) groups excluding carboxylic acids is 2. The third kappa shape index (κ3) is 6.25. The van der Waals surface area contributed by atoms with Crippen LogP contribution in [-0.4, -0.2) is 44.2 Å². The number of hydrogen-bond donors (Lipinski definition) is 2. The van der Waals surface area contributed by atoms with Crippen molar-refractivity contribution in [2.75, 3.05) is 6.67 Å². The normalized spacial score (nSPS) is 19.1. The Morgan fingerprint density at radius 2 is 1.90 bits per heavy atom. The van der Waals surface area contributed by atoms with Gasteiger partial charge in [0.1, 0.15) is 11.8 Å². The maximum absolute atomic E-state index is 14.0. The van der Waals surface area contributed by atoms with Crippen LogP contribution in [-0.2, 0) is 11.2 Å². The first kappa shape index (κ1) is 27.1. The van der Waals surface area contributed by atoms with E-state index >= 15 is 0 Å². The lowest BCUT2D eigenvalue weighted by atomic mass is 9.81. The molecule has 210 valence electrons. The van der Waals surface area contributed by atoms with Gasteiger partial charge in [0, 0.05) is 25.7 Å². The highest BCUT2D eigenvalue weighted by Gasteiger charge is 2.40. The van der Waals surface area contributed by atoms with Crippen LogP contribution in [0.5, 0.6) is 0 Å². The van der Waals surface area contributed by atoms with Crippen molar-refractivity contribution < 1.29 is 27.3 Å². The molecule has 0 unspecified atom stereocenters. The van der Waals surface area contributed by atoms with E-state index < -0.39 is 24.5 Å². The Morgan fingerprint density at radius 3 is 2.59 bits per heavy atom. The highest BCUT2D eigenvalue weighted by Crippen LogP contribution is 2.42. The first-order chi connectivity index (χ1) is 18.8. The zero-order valence-corrected chi connectivity index (χ0v) is 21.8. The summed E-state index contributed by atoms with van der Waals surface area (Å²) in [5.74, 6) is -3.20. The molecule has 0 aromatic carbocycles. The van der Waals surface area contributed by atoms with Crippen LogP contribution in [0.25, 0.3) is 5.65 Å².